The van der Waals surface area contributed by atoms with E-state index >= 15 is 0 Å². The van der Waals surface area contributed by atoms with E-state index < -0.39 is 0 Å². The maximum atomic E-state index is 5.65. The number of anilines is 1. The van der Waals surface area contributed by atoms with Crippen molar-refractivity contribution in [3.8, 4) is 0 Å². The lowest BCUT2D eigenvalue weighted by Crippen LogP contribution is -2.10. The molecule has 2 aromatic rings. The van der Waals surface area contributed by atoms with Gasteiger partial charge in [-0.15, -0.1) is 0 Å². The van der Waals surface area contributed by atoms with E-state index in [1.54, 1.807) is 6.33 Å². The van der Waals surface area contributed by atoms with Crippen molar-refractivity contribution >= 4 is 16.9 Å². The largest absolute Gasteiger partial charge is 0.369 e. The fourth-order valence-corrected chi connectivity index (χ4v) is 2.21. The number of rotatable bonds is 4. The molecule has 1 saturated heterocycles. The number of nitrogens with zero attached hydrogens (tertiary/aromatic N) is 4. The summed E-state index contributed by atoms with van der Waals surface area (Å²) in [4.78, 5) is 8.59. The molecule has 2 aromatic heterocycles. The Morgan fingerprint density at radius 3 is 3.22 bits per heavy atom. The Kier molecular flexibility index (Phi) is 3.10. The SMILES string of the molecule is CCCNc1ncnc2c1cnn2C1CCCO1. The Hall–Kier alpha value is -1.69. The minimum absolute atomic E-state index is 0.0245. The Bertz CT molecular complexity index is 532. The van der Waals surface area contributed by atoms with Gasteiger partial charge in [-0.25, -0.2) is 14.6 Å². The number of nitrogens with one attached hydrogen (secondary N) is 1. The molecule has 0 amide bonds. The summed E-state index contributed by atoms with van der Waals surface area (Å²) in [5, 5.41) is 8.65. The molecule has 1 unspecified atom stereocenters. The molecule has 1 atom stereocenters. The van der Waals surface area contributed by atoms with E-state index in [1.165, 1.54) is 0 Å². The lowest BCUT2D eigenvalue weighted by Gasteiger charge is -2.10. The minimum atomic E-state index is 0.0245. The highest BCUT2D eigenvalue weighted by Gasteiger charge is 2.21. The molecule has 1 aliphatic heterocycles. The van der Waals surface area contributed by atoms with Gasteiger partial charge in [0.15, 0.2) is 11.9 Å². The van der Waals surface area contributed by atoms with Crippen LogP contribution in [0, 0.1) is 0 Å². The zero-order chi connectivity index (χ0) is 12.4. The van der Waals surface area contributed by atoms with Gasteiger partial charge in [-0.1, -0.05) is 6.92 Å². The first-order valence-electron chi connectivity index (χ1n) is 6.44. The smallest absolute Gasteiger partial charge is 0.165 e. The Balaban J connectivity index is 1.97. The minimum Gasteiger partial charge on any atom is -0.369 e. The quantitative estimate of drug-likeness (QED) is 0.894. The summed E-state index contributed by atoms with van der Waals surface area (Å²) in [6, 6.07) is 0. The van der Waals surface area contributed by atoms with Crippen molar-refractivity contribution in [1.29, 1.82) is 0 Å². The zero-order valence-electron chi connectivity index (χ0n) is 10.5. The molecule has 0 spiro atoms. The molecule has 0 aromatic carbocycles. The van der Waals surface area contributed by atoms with Gasteiger partial charge in [0.25, 0.3) is 0 Å². The lowest BCUT2D eigenvalue weighted by atomic mass is 10.3. The molecule has 1 N–H and O–H groups in total. The standard InChI is InChI=1S/C12H17N5O/c1-2-5-13-11-9-7-16-17(10-4-3-6-18-10)12(9)15-8-14-11/h7-8,10H,2-6H2,1H3,(H,13,14,15). The maximum absolute atomic E-state index is 5.65. The van der Waals surface area contributed by atoms with Crippen LogP contribution in [0.4, 0.5) is 5.82 Å². The third-order valence-corrected chi connectivity index (χ3v) is 3.11. The summed E-state index contributed by atoms with van der Waals surface area (Å²) in [6.45, 7) is 3.83. The van der Waals surface area contributed by atoms with E-state index in [1.807, 2.05) is 10.9 Å². The number of aromatic nitrogens is 4. The van der Waals surface area contributed by atoms with Crippen molar-refractivity contribution in [3.05, 3.63) is 12.5 Å². The molecule has 0 aliphatic carbocycles. The predicted molar refractivity (Wildman–Crippen MR) is 68.3 cm³/mol. The van der Waals surface area contributed by atoms with E-state index in [9.17, 15) is 0 Å². The zero-order valence-corrected chi connectivity index (χ0v) is 10.5. The Morgan fingerprint density at radius 2 is 2.44 bits per heavy atom. The van der Waals surface area contributed by atoms with E-state index in [-0.39, 0.29) is 6.23 Å². The number of ether oxygens (including phenoxy) is 1. The van der Waals surface area contributed by atoms with Crippen LogP contribution in [0.25, 0.3) is 11.0 Å². The number of hydrogen-bond donors (Lipinski definition) is 1. The van der Waals surface area contributed by atoms with Crippen LogP contribution >= 0.6 is 0 Å². The maximum Gasteiger partial charge on any atom is 0.165 e. The fraction of sp³-hybridized carbons (Fsp3) is 0.583. The molecular formula is C12H17N5O. The van der Waals surface area contributed by atoms with E-state index in [0.717, 1.165) is 49.3 Å². The highest BCUT2D eigenvalue weighted by Crippen LogP contribution is 2.27. The van der Waals surface area contributed by atoms with Crippen LogP contribution in [0.15, 0.2) is 12.5 Å². The normalized spacial score (nSPS) is 19.5. The van der Waals surface area contributed by atoms with Crippen molar-refractivity contribution in [2.24, 2.45) is 0 Å². The van der Waals surface area contributed by atoms with Crippen LogP contribution in [0.1, 0.15) is 32.4 Å². The van der Waals surface area contributed by atoms with Gasteiger partial charge in [0.2, 0.25) is 0 Å². The third kappa shape index (κ3) is 1.92. The molecule has 3 rings (SSSR count). The lowest BCUT2D eigenvalue weighted by molar-refractivity contribution is 0.0499. The fourth-order valence-electron chi connectivity index (χ4n) is 2.21. The van der Waals surface area contributed by atoms with Crippen LogP contribution in [-0.4, -0.2) is 32.9 Å². The molecule has 96 valence electrons. The summed E-state index contributed by atoms with van der Waals surface area (Å²) in [5.41, 5.74) is 0.843. The average molecular weight is 247 g/mol. The summed E-state index contributed by atoms with van der Waals surface area (Å²) in [7, 11) is 0. The van der Waals surface area contributed by atoms with E-state index in [4.69, 9.17) is 4.74 Å². The van der Waals surface area contributed by atoms with Crippen LogP contribution in [-0.2, 0) is 4.74 Å². The summed E-state index contributed by atoms with van der Waals surface area (Å²) >= 11 is 0. The van der Waals surface area contributed by atoms with Gasteiger partial charge in [0, 0.05) is 13.2 Å². The second-order valence-electron chi connectivity index (χ2n) is 4.44. The third-order valence-electron chi connectivity index (χ3n) is 3.11. The Morgan fingerprint density at radius 1 is 1.50 bits per heavy atom. The molecule has 0 bridgehead atoms. The summed E-state index contributed by atoms with van der Waals surface area (Å²) in [6.07, 6.45) is 6.56. The van der Waals surface area contributed by atoms with Gasteiger partial charge >= 0.3 is 0 Å². The monoisotopic (exact) mass is 247 g/mol. The van der Waals surface area contributed by atoms with Gasteiger partial charge in [-0.05, 0) is 19.3 Å². The van der Waals surface area contributed by atoms with Crippen LogP contribution < -0.4 is 5.32 Å². The second kappa shape index (κ2) is 4.89. The van der Waals surface area contributed by atoms with E-state index in [0.29, 0.717) is 0 Å². The highest BCUT2D eigenvalue weighted by atomic mass is 16.5. The van der Waals surface area contributed by atoms with Crippen molar-refractivity contribution < 1.29 is 4.74 Å². The van der Waals surface area contributed by atoms with Crippen molar-refractivity contribution in [2.45, 2.75) is 32.4 Å². The number of fused-ring (bicyclic) bond motifs is 1. The van der Waals surface area contributed by atoms with Gasteiger partial charge in [-0.3, -0.25) is 0 Å². The first-order chi connectivity index (χ1) is 8.90. The first-order valence-corrected chi connectivity index (χ1v) is 6.44. The Labute approximate surface area is 105 Å². The topological polar surface area (TPSA) is 64.9 Å². The molecule has 6 nitrogen and oxygen atoms in total. The average Bonchev–Trinajstić information content (AvgIpc) is 3.04. The van der Waals surface area contributed by atoms with Crippen molar-refractivity contribution in [1.82, 2.24) is 19.7 Å². The second-order valence-corrected chi connectivity index (χ2v) is 4.44. The predicted octanol–water partition coefficient (Wildman–Crippen LogP) is 1.96. The first kappa shape index (κ1) is 11.4. The van der Waals surface area contributed by atoms with Crippen LogP contribution in [0.3, 0.4) is 0 Å². The van der Waals surface area contributed by atoms with Crippen LogP contribution in [0.2, 0.25) is 0 Å². The molecular weight excluding hydrogens is 230 g/mol. The van der Waals surface area contributed by atoms with Gasteiger partial charge in [0.1, 0.15) is 12.1 Å². The molecule has 3 heterocycles. The molecule has 1 aliphatic rings. The van der Waals surface area contributed by atoms with Gasteiger partial charge in [0.05, 0.1) is 11.6 Å². The summed E-state index contributed by atoms with van der Waals surface area (Å²) < 4.78 is 7.51. The van der Waals surface area contributed by atoms with Crippen molar-refractivity contribution in [3.63, 3.8) is 0 Å². The van der Waals surface area contributed by atoms with Crippen LogP contribution in [0.5, 0.6) is 0 Å². The molecule has 6 heteroatoms. The van der Waals surface area contributed by atoms with Crippen molar-refractivity contribution in [2.75, 3.05) is 18.5 Å². The molecule has 1 fully saturated rings. The summed E-state index contributed by atoms with van der Waals surface area (Å²) in [5.74, 6) is 0.853. The molecule has 0 radical (unpaired) electrons. The molecule has 0 saturated carbocycles. The molecule has 18 heavy (non-hydrogen) atoms. The van der Waals surface area contributed by atoms with Gasteiger partial charge in [-0.2, -0.15) is 5.10 Å². The van der Waals surface area contributed by atoms with Gasteiger partial charge < -0.3 is 10.1 Å². The number of hydrogen-bond acceptors (Lipinski definition) is 5. The highest BCUT2D eigenvalue weighted by molar-refractivity contribution is 5.86. The van der Waals surface area contributed by atoms with E-state index in [2.05, 4.69) is 27.3 Å².